The maximum absolute atomic E-state index is 11.0. The van der Waals surface area contributed by atoms with Crippen molar-refractivity contribution in [2.75, 3.05) is 29.4 Å². The zero-order valence-electron chi connectivity index (χ0n) is 8.00. The van der Waals surface area contributed by atoms with Crippen molar-refractivity contribution in [2.45, 2.75) is 6.04 Å². The Labute approximate surface area is 86.2 Å². The molecule has 4 heterocycles. The number of anilines is 2. The van der Waals surface area contributed by atoms with E-state index in [0.717, 1.165) is 12.4 Å². The second-order valence-electron chi connectivity index (χ2n) is 3.70. The highest BCUT2D eigenvalue weighted by atomic mass is 16.4. The summed E-state index contributed by atoms with van der Waals surface area (Å²) in [5.74, 6) is 0.708. The molecular weight excluding hydrogens is 196 g/mol. The highest BCUT2D eigenvalue weighted by Crippen LogP contribution is 2.34. The average Bonchev–Trinajstić information content (AvgIpc) is 2.30. The lowest BCUT2D eigenvalue weighted by Gasteiger charge is -2.46. The van der Waals surface area contributed by atoms with Gasteiger partial charge in [0.1, 0.15) is 6.04 Å². The quantitative estimate of drug-likeness (QED) is 0.672. The third kappa shape index (κ3) is 1.07. The SMILES string of the molecule is O=C(O)C1CN2CCN1c1nccnc12. The summed E-state index contributed by atoms with van der Waals surface area (Å²) in [7, 11) is 0. The molecule has 4 rings (SSSR count). The number of hydrogen-bond acceptors (Lipinski definition) is 5. The molecule has 3 aliphatic rings. The van der Waals surface area contributed by atoms with E-state index >= 15 is 0 Å². The van der Waals surface area contributed by atoms with Crippen LogP contribution < -0.4 is 9.80 Å². The summed E-state index contributed by atoms with van der Waals surface area (Å²) < 4.78 is 0. The number of carbonyl (C=O) groups is 1. The Balaban J connectivity index is 2.09. The fraction of sp³-hybridized carbons (Fsp3) is 0.444. The largest absolute Gasteiger partial charge is 0.480 e. The summed E-state index contributed by atoms with van der Waals surface area (Å²) in [4.78, 5) is 23.3. The second kappa shape index (κ2) is 2.82. The molecule has 1 atom stereocenters. The molecule has 78 valence electrons. The van der Waals surface area contributed by atoms with Crippen LogP contribution in [-0.4, -0.2) is 46.7 Å². The molecule has 1 aromatic heterocycles. The molecule has 0 spiro atoms. The minimum atomic E-state index is -0.795. The number of carboxylic acid groups (broad SMARTS) is 1. The number of carboxylic acids is 1. The number of aliphatic carboxylic acids is 1. The van der Waals surface area contributed by atoms with Crippen molar-refractivity contribution in [1.29, 1.82) is 0 Å². The summed E-state index contributed by atoms with van der Waals surface area (Å²) >= 11 is 0. The van der Waals surface area contributed by atoms with Gasteiger partial charge in [-0.15, -0.1) is 0 Å². The van der Waals surface area contributed by atoms with Crippen LogP contribution in [0.4, 0.5) is 11.6 Å². The molecule has 1 unspecified atom stereocenters. The first-order chi connectivity index (χ1) is 7.27. The fourth-order valence-corrected chi connectivity index (χ4v) is 2.19. The van der Waals surface area contributed by atoms with Gasteiger partial charge in [0.25, 0.3) is 0 Å². The van der Waals surface area contributed by atoms with Crippen LogP contribution in [0.1, 0.15) is 0 Å². The standard InChI is InChI=1S/C9H10N4O2/c14-9(15)6-5-12-3-4-13(6)8-7(12)10-1-2-11-8/h1-2,6H,3-5H2,(H,14,15). The van der Waals surface area contributed by atoms with Crippen LogP contribution in [0.25, 0.3) is 0 Å². The smallest absolute Gasteiger partial charge is 0.328 e. The van der Waals surface area contributed by atoms with Crippen LogP contribution in [0.3, 0.4) is 0 Å². The zero-order chi connectivity index (χ0) is 10.4. The molecule has 6 heteroatoms. The Bertz CT molecular complexity index is 422. The monoisotopic (exact) mass is 206 g/mol. The first-order valence-electron chi connectivity index (χ1n) is 4.83. The number of aromatic nitrogens is 2. The molecular formula is C9H10N4O2. The second-order valence-corrected chi connectivity index (χ2v) is 3.70. The normalized spacial score (nSPS) is 22.8. The van der Waals surface area contributed by atoms with Gasteiger partial charge < -0.3 is 14.9 Å². The van der Waals surface area contributed by atoms with Crippen LogP contribution >= 0.6 is 0 Å². The molecule has 3 aliphatic heterocycles. The van der Waals surface area contributed by atoms with Gasteiger partial charge in [-0.2, -0.15) is 0 Å². The van der Waals surface area contributed by atoms with Gasteiger partial charge in [0.2, 0.25) is 0 Å². The molecule has 0 saturated carbocycles. The third-order valence-electron chi connectivity index (χ3n) is 2.90. The minimum Gasteiger partial charge on any atom is -0.480 e. The lowest BCUT2D eigenvalue weighted by atomic mass is 10.1. The van der Waals surface area contributed by atoms with Crippen molar-refractivity contribution in [3.63, 3.8) is 0 Å². The maximum atomic E-state index is 11.0. The summed E-state index contributed by atoms with van der Waals surface area (Å²) in [5, 5.41) is 9.07. The van der Waals surface area contributed by atoms with Crippen molar-refractivity contribution in [2.24, 2.45) is 0 Å². The highest BCUT2D eigenvalue weighted by molar-refractivity contribution is 5.84. The Hall–Kier alpha value is -1.85. The molecule has 1 saturated heterocycles. The highest BCUT2D eigenvalue weighted by Gasteiger charge is 2.40. The average molecular weight is 206 g/mol. The summed E-state index contributed by atoms with van der Waals surface area (Å²) in [6.07, 6.45) is 3.23. The van der Waals surface area contributed by atoms with Gasteiger partial charge >= 0.3 is 5.97 Å². The Morgan fingerprint density at radius 2 is 2.07 bits per heavy atom. The number of nitrogens with zero attached hydrogens (tertiary/aromatic N) is 4. The van der Waals surface area contributed by atoms with E-state index in [2.05, 4.69) is 9.97 Å². The number of rotatable bonds is 1. The molecule has 15 heavy (non-hydrogen) atoms. The van der Waals surface area contributed by atoms with Crippen LogP contribution in [0.5, 0.6) is 0 Å². The van der Waals surface area contributed by atoms with Gasteiger partial charge in [0.15, 0.2) is 11.6 Å². The van der Waals surface area contributed by atoms with Gasteiger partial charge in [-0.3, -0.25) is 0 Å². The molecule has 0 amide bonds. The first-order valence-corrected chi connectivity index (χ1v) is 4.83. The predicted molar refractivity (Wildman–Crippen MR) is 53.0 cm³/mol. The van der Waals surface area contributed by atoms with Crippen molar-refractivity contribution in [3.05, 3.63) is 12.4 Å². The van der Waals surface area contributed by atoms with E-state index in [-0.39, 0.29) is 0 Å². The van der Waals surface area contributed by atoms with E-state index in [1.54, 1.807) is 12.4 Å². The Morgan fingerprint density at radius 3 is 2.80 bits per heavy atom. The molecule has 1 fully saturated rings. The van der Waals surface area contributed by atoms with Crippen molar-refractivity contribution >= 4 is 17.6 Å². The lowest BCUT2D eigenvalue weighted by Crippen LogP contribution is -2.61. The number of fused-ring (bicyclic) bond motifs is 2. The van der Waals surface area contributed by atoms with E-state index < -0.39 is 12.0 Å². The molecule has 0 radical (unpaired) electrons. The van der Waals surface area contributed by atoms with Gasteiger partial charge in [-0.25, -0.2) is 14.8 Å². The van der Waals surface area contributed by atoms with Crippen molar-refractivity contribution < 1.29 is 9.90 Å². The number of hydrogen-bond donors (Lipinski definition) is 1. The lowest BCUT2D eigenvalue weighted by molar-refractivity contribution is -0.138. The molecule has 1 N–H and O–H groups in total. The first kappa shape index (κ1) is 8.46. The minimum absolute atomic E-state index is 0.483. The summed E-state index contributed by atoms with van der Waals surface area (Å²) in [6.45, 7) is 2.04. The Morgan fingerprint density at radius 1 is 1.33 bits per heavy atom. The molecule has 2 bridgehead atoms. The van der Waals surface area contributed by atoms with E-state index in [1.165, 1.54) is 0 Å². The topological polar surface area (TPSA) is 69.6 Å². The van der Waals surface area contributed by atoms with E-state index in [4.69, 9.17) is 5.11 Å². The Kier molecular flexibility index (Phi) is 1.59. The fourth-order valence-electron chi connectivity index (χ4n) is 2.19. The van der Waals surface area contributed by atoms with Crippen LogP contribution in [0.15, 0.2) is 12.4 Å². The van der Waals surface area contributed by atoms with Gasteiger partial charge in [0.05, 0.1) is 6.54 Å². The molecule has 0 aromatic carbocycles. The summed E-state index contributed by atoms with van der Waals surface area (Å²) in [5.41, 5.74) is 0. The van der Waals surface area contributed by atoms with E-state index in [9.17, 15) is 4.79 Å². The molecule has 6 nitrogen and oxygen atoms in total. The predicted octanol–water partition coefficient (Wildman–Crippen LogP) is -0.430. The van der Waals surface area contributed by atoms with Crippen LogP contribution in [0.2, 0.25) is 0 Å². The van der Waals surface area contributed by atoms with Crippen LogP contribution in [0, 0.1) is 0 Å². The van der Waals surface area contributed by atoms with Crippen molar-refractivity contribution in [3.8, 4) is 0 Å². The zero-order valence-corrected chi connectivity index (χ0v) is 8.00. The van der Waals surface area contributed by atoms with E-state index in [0.29, 0.717) is 18.9 Å². The third-order valence-corrected chi connectivity index (χ3v) is 2.90. The number of piperazine rings is 1. The van der Waals surface area contributed by atoms with Gasteiger partial charge in [-0.1, -0.05) is 0 Å². The van der Waals surface area contributed by atoms with Gasteiger partial charge in [0, 0.05) is 25.5 Å². The molecule has 1 aromatic rings. The van der Waals surface area contributed by atoms with Crippen LogP contribution in [-0.2, 0) is 4.79 Å². The van der Waals surface area contributed by atoms with E-state index in [1.807, 2.05) is 9.80 Å². The van der Waals surface area contributed by atoms with Gasteiger partial charge in [-0.05, 0) is 0 Å². The summed E-state index contributed by atoms with van der Waals surface area (Å²) in [6, 6.07) is -0.483. The maximum Gasteiger partial charge on any atom is 0.328 e. The molecule has 0 aliphatic carbocycles. The van der Waals surface area contributed by atoms with Crippen molar-refractivity contribution in [1.82, 2.24) is 9.97 Å².